The SMILES string of the molecule is COc1cccc(-c2c(C)c(Cc3c(F)cccc3C(F)(F)F)c3n(c2=O)C(CNCc2ccnn2C)CS3)c1F. The first-order valence-electron chi connectivity index (χ1n) is 12.8. The highest BCUT2D eigenvalue weighted by atomic mass is 32.2. The normalized spacial score (nSPS) is 14.9. The number of ether oxygens (including phenoxy) is 1. The van der Waals surface area contributed by atoms with E-state index in [1.807, 2.05) is 13.1 Å². The number of aromatic nitrogens is 3. The topological polar surface area (TPSA) is 61.1 Å². The van der Waals surface area contributed by atoms with Gasteiger partial charge in [-0.2, -0.15) is 18.3 Å². The van der Waals surface area contributed by atoms with E-state index >= 15 is 4.39 Å². The van der Waals surface area contributed by atoms with Crippen LogP contribution in [0.15, 0.2) is 58.5 Å². The van der Waals surface area contributed by atoms with E-state index < -0.39 is 40.9 Å². The Balaban J connectivity index is 1.66. The molecule has 1 N–H and O–H groups in total. The molecule has 3 heterocycles. The number of nitrogens with zero attached hydrogens (tertiary/aromatic N) is 3. The zero-order valence-corrected chi connectivity index (χ0v) is 23.3. The minimum Gasteiger partial charge on any atom is -0.494 e. The van der Waals surface area contributed by atoms with Crippen LogP contribution < -0.4 is 15.6 Å². The van der Waals surface area contributed by atoms with Crippen LogP contribution in [0.1, 0.15) is 34.0 Å². The van der Waals surface area contributed by atoms with Gasteiger partial charge in [-0.1, -0.05) is 18.2 Å². The van der Waals surface area contributed by atoms with Gasteiger partial charge in [-0.25, -0.2) is 8.78 Å². The molecule has 41 heavy (non-hydrogen) atoms. The minimum atomic E-state index is -4.78. The van der Waals surface area contributed by atoms with E-state index in [0.717, 1.165) is 23.9 Å². The number of nitrogens with one attached hydrogen (secondary N) is 1. The molecule has 5 rings (SSSR count). The summed E-state index contributed by atoms with van der Waals surface area (Å²) in [7, 11) is 3.11. The van der Waals surface area contributed by atoms with Crippen LogP contribution in [-0.2, 0) is 26.2 Å². The van der Waals surface area contributed by atoms with Crippen molar-refractivity contribution in [1.82, 2.24) is 19.7 Å². The number of alkyl halides is 3. The first-order valence-corrected chi connectivity index (χ1v) is 13.8. The molecule has 0 bridgehead atoms. The summed E-state index contributed by atoms with van der Waals surface area (Å²) in [5, 5.41) is 7.90. The first-order chi connectivity index (χ1) is 19.5. The summed E-state index contributed by atoms with van der Waals surface area (Å²) in [5.74, 6) is -1.39. The van der Waals surface area contributed by atoms with Crippen molar-refractivity contribution in [2.45, 2.75) is 37.1 Å². The summed E-state index contributed by atoms with van der Waals surface area (Å²) >= 11 is 1.32. The monoisotopic (exact) mass is 590 g/mol. The molecule has 216 valence electrons. The van der Waals surface area contributed by atoms with Gasteiger partial charge >= 0.3 is 6.18 Å². The van der Waals surface area contributed by atoms with Crippen molar-refractivity contribution in [2.24, 2.45) is 7.05 Å². The maximum Gasteiger partial charge on any atom is 0.416 e. The quantitative estimate of drug-likeness (QED) is 0.260. The summed E-state index contributed by atoms with van der Waals surface area (Å²) in [4.78, 5) is 14.0. The molecule has 1 aliphatic heterocycles. The van der Waals surface area contributed by atoms with Crippen LogP contribution in [0.5, 0.6) is 5.75 Å². The van der Waals surface area contributed by atoms with Gasteiger partial charge in [0.2, 0.25) is 0 Å². The van der Waals surface area contributed by atoms with E-state index in [4.69, 9.17) is 4.74 Å². The Morgan fingerprint density at radius 1 is 1.12 bits per heavy atom. The zero-order chi connectivity index (χ0) is 29.5. The van der Waals surface area contributed by atoms with Gasteiger partial charge < -0.3 is 10.1 Å². The van der Waals surface area contributed by atoms with Crippen LogP contribution in [0, 0.1) is 18.6 Å². The number of methoxy groups -OCH3 is 1. The molecular weight excluding hydrogens is 563 g/mol. The highest BCUT2D eigenvalue weighted by Gasteiger charge is 2.36. The van der Waals surface area contributed by atoms with Gasteiger partial charge in [0.1, 0.15) is 5.82 Å². The Bertz CT molecular complexity index is 1660. The van der Waals surface area contributed by atoms with E-state index in [1.54, 1.807) is 17.8 Å². The molecule has 2 aromatic carbocycles. The van der Waals surface area contributed by atoms with Gasteiger partial charge in [0.05, 0.1) is 35.0 Å². The molecule has 0 saturated heterocycles. The zero-order valence-electron chi connectivity index (χ0n) is 22.5. The average Bonchev–Trinajstić information content (AvgIpc) is 3.54. The summed E-state index contributed by atoms with van der Waals surface area (Å²) in [6, 6.07) is 8.69. The predicted molar refractivity (Wildman–Crippen MR) is 146 cm³/mol. The molecular formula is C29H27F5N4O2S. The fraction of sp³-hybridized carbons (Fsp3) is 0.310. The van der Waals surface area contributed by atoms with Gasteiger partial charge in [0.25, 0.3) is 5.56 Å². The van der Waals surface area contributed by atoms with E-state index in [2.05, 4.69) is 10.4 Å². The number of aryl methyl sites for hydroxylation is 1. The van der Waals surface area contributed by atoms with Crippen molar-refractivity contribution in [3.8, 4) is 16.9 Å². The predicted octanol–water partition coefficient (Wildman–Crippen LogP) is 5.89. The number of fused-ring (bicyclic) bond motifs is 1. The summed E-state index contributed by atoms with van der Waals surface area (Å²) in [5.41, 5.74) is -0.567. The molecule has 1 unspecified atom stereocenters. The maximum absolute atomic E-state index is 15.5. The van der Waals surface area contributed by atoms with Gasteiger partial charge in [0.15, 0.2) is 11.6 Å². The first kappa shape index (κ1) is 28.9. The summed E-state index contributed by atoms with van der Waals surface area (Å²) < 4.78 is 80.5. The third kappa shape index (κ3) is 5.38. The third-order valence-corrected chi connectivity index (χ3v) is 8.62. The Morgan fingerprint density at radius 2 is 1.88 bits per heavy atom. The number of pyridine rings is 1. The molecule has 0 fully saturated rings. The molecule has 0 saturated carbocycles. The van der Waals surface area contributed by atoms with Crippen molar-refractivity contribution >= 4 is 11.8 Å². The van der Waals surface area contributed by atoms with Crippen LogP contribution in [0.3, 0.4) is 0 Å². The third-order valence-electron chi connectivity index (χ3n) is 7.35. The van der Waals surface area contributed by atoms with E-state index in [9.17, 15) is 22.4 Å². The number of benzene rings is 2. The number of halogens is 5. The fourth-order valence-electron chi connectivity index (χ4n) is 5.23. The summed E-state index contributed by atoms with van der Waals surface area (Å²) in [6.07, 6.45) is -3.54. The van der Waals surface area contributed by atoms with Crippen molar-refractivity contribution in [3.05, 3.63) is 98.6 Å². The highest BCUT2D eigenvalue weighted by molar-refractivity contribution is 7.99. The number of thioether (sulfide) groups is 1. The Hall–Kier alpha value is -3.64. The second-order valence-corrected chi connectivity index (χ2v) is 10.8. The Morgan fingerprint density at radius 3 is 2.56 bits per heavy atom. The van der Waals surface area contributed by atoms with E-state index in [-0.39, 0.29) is 22.9 Å². The van der Waals surface area contributed by atoms with Crippen molar-refractivity contribution in [3.63, 3.8) is 0 Å². The highest BCUT2D eigenvalue weighted by Crippen LogP contribution is 2.42. The Kier molecular flexibility index (Phi) is 7.97. The lowest BCUT2D eigenvalue weighted by atomic mass is 9.92. The number of hydrogen-bond acceptors (Lipinski definition) is 5. The standard InChI is InChI=1S/C29H27F5N4O2S/c1-16-20(12-21-22(29(32,33)34)7-5-8-23(21)30)28-38(18(15-41-28)14-35-13-17-10-11-36-37(17)2)27(39)25(16)19-6-4-9-24(40-3)26(19)31/h4-11,18,35H,12-15H2,1-3H3. The summed E-state index contributed by atoms with van der Waals surface area (Å²) in [6.45, 7) is 2.40. The Labute approximate surface area is 237 Å². The second kappa shape index (κ2) is 11.3. The van der Waals surface area contributed by atoms with Gasteiger partial charge in [-0.3, -0.25) is 14.0 Å². The fourth-order valence-corrected chi connectivity index (χ4v) is 6.61. The average molecular weight is 591 g/mol. The molecule has 4 aromatic rings. The van der Waals surface area contributed by atoms with Gasteiger partial charge in [-0.15, -0.1) is 11.8 Å². The van der Waals surface area contributed by atoms with Crippen molar-refractivity contribution in [1.29, 1.82) is 0 Å². The van der Waals surface area contributed by atoms with Crippen LogP contribution in [0.4, 0.5) is 22.0 Å². The largest absolute Gasteiger partial charge is 0.494 e. The van der Waals surface area contributed by atoms with Gasteiger partial charge in [-0.05, 0) is 42.3 Å². The smallest absolute Gasteiger partial charge is 0.416 e. The molecule has 6 nitrogen and oxygen atoms in total. The maximum atomic E-state index is 15.5. The molecule has 1 atom stereocenters. The van der Waals surface area contributed by atoms with Gasteiger partial charge in [0, 0.05) is 49.6 Å². The lowest BCUT2D eigenvalue weighted by molar-refractivity contribution is -0.138. The van der Waals surface area contributed by atoms with Crippen LogP contribution in [0.25, 0.3) is 11.1 Å². The van der Waals surface area contributed by atoms with E-state index in [1.165, 1.54) is 41.6 Å². The van der Waals surface area contributed by atoms with Crippen LogP contribution in [-0.4, -0.2) is 33.8 Å². The van der Waals surface area contributed by atoms with Crippen molar-refractivity contribution in [2.75, 3.05) is 19.4 Å². The molecule has 1 aliphatic rings. The molecule has 12 heteroatoms. The molecule has 0 aliphatic carbocycles. The van der Waals surface area contributed by atoms with Crippen molar-refractivity contribution < 1.29 is 26.7 Å². The molecule has 2 aromatic heterocycles. The lowest BCUT2D eigenvalue weighted by Crippen LogP contribution is -2.33. The number of rotatable bonds is 8. The van der Waals surface area contributed by atoms with Crippen LogP contribution in [0.2, 0.25) is 0 Å². The number of hydrogen-bond donors (Lipinski definition) is 1. The molecule has 0 amide bonds. The van der Waals surface area contributed by atoms with Crippen LogP contribution >= 0.6 is 11.8 Å². The molecule has 0 radical (unpaired) electrons. The second-order valence-electron chi connectivity index (χ2n) is 9.76. The minimum absolute atomic E-state index is 0.00387. The molecule has 0 spiro atoms. The lowest BCUT2D eigenvalue weighted by Gasteiger charge is -2.22. The van der Waals surface area contributed by atoms with E-state index in [0.29, 0.717) is 35.0 Å².